The number of pyridine rings is 1. The summed E-state index contributed by atoms with van der Waals surface area (Å²) >= 11 is 6.05. The minimum absolute atomic E-state index is 0.475. The maximum atomic E-state index is 11.8. The summed E-state index contributed by atoms with van der Waals surface area (Å²) in [6.45, 7) is 1.89. The van der Waals surface area contributed by atoms with Crippen LogP contribution in [0.15, 0.2) is 30.5 Å². The average Bonchev–Trinajstić information content (AvgIpc) is 2.59. The molecule has 3 rings (SSSR count). The standard InChI is InChI=1S/C18H21ClN2O3/c1-24-11-7-18(17(22)23)5-9-21(10-6-18)16-4-8-20-15-12-13(19)2-3-14(15)16/h2-4,8,12H,5-7,9-11H2,1H3,(H,22,23). The molecule has 0 amide bonds. The number of aromatic nitrogens is 1. The molecule has 0 spiro atoms. The molecular formula is C18H21ClN2O3. The van der Waals surface area contributed by atoms with E-state index >= 15 is 0 Å². The quantitative estimate of drug-likeness (QED) is 0.894. The molecule has 1 N–H and O–H groups in total. The third-order valence-corrected chi connectivity index (χ3v) is 5.22. The summed E-state index contributed by atoms with van der Waals surface area (Å²) in [5.41, 5.74) is 1.26. The van der Waals surface area contributed by atoms with E-state index in [-0.39, 0.29) is 0 Å². The molecule has 128 valence electrons. The first-order chi connectivity index (χ1) is 11.6. The van der Waals surface area contributed by atoms with Crippen LogP contribution >= 0.6 is 11.6 Å². The van der Waals surface area contributed by atoms with Crippen LogP contribution in [-0.4, -0.2) is 42.9 Å². The normalized spacial score (nSPS) is 17.2. The van der Waals surface area contributed by atoms with Crippen molar-refractivity contribution in [3.8, 4) is 0 Å². The third-order valence-electron chi connectivity index (χ3n) is 4.98. The van der Waals surface area contributed by atoms with Crippen molar-refractivity contribution in [1.29, 1.82) is 0 Å². The van der Waals surface area contributed by atoms with E-state index in [9.17, 15) is 9.90 Å². The van der Waals surface area contributed by atoms with Gasteiger partial charge in [-0.1, -0.05) is 11.6 Å². The molecule has 1 aliphatic rings. The topological polar surface area (TPSA) is 62.7 Å². The molecule has 1 saturated heterocycles. The number of hydrogen-bond acceptors (Lipinski definition) is 4. The number of carbonyl (C=O) groups is 1. The Morgan fingerprint density at radius 1 is 1.38 bits per heavy atom. The Bertz CT molecular complexity index is 742. The van der Waals surface area contributed by atoms with Gasteiger partial charge in [-0.25, -0.2) is 0 Å². The van der Waals surface area contributed by atoms with Crippen molar-refractivity contribution in [3.63, 3.8) is 0 Å². The van der Waals surface area contributed by atoms with Gasteiger partial charge in [0.05, 0.1) is 10.9 Å². The van der Waals surface area contributed by atoms with E-state index in [0.29, 0.717) is 44.0 Å². The first kappa shape index (κ1) is 17.0. The van der Waals surface area contributed by atoms with Gasteiger partial charge in [0.1, 0.15) is 0 Å². The first-order valence-electron chi connectivity index (χ1n) is 8.07. The number of piperidine rings is 1. The zero-order valence-electron chi connectivity index (χ0n) is 13.7. The number of rotatable bonds is 5. The molecule has 1 fully saturated rings. The molecule has 2 aromatic rings. The Hall–Kier alpha value is -1.85. The summed E-state index contributed by atoms with van der Waals surface area (Å²) in [6, 6.07) is 7.67. The molecule has 0 unspecified atom stereocenters. The summed E-state index contributed by atoms with van der Waals surface area (Å²) in [7, 11) is 1.61. The minimum Gasteiger partial charge on any atom is -0.481 e. The molecule has 0 bridgehead atoms. The second-order valence-electron chi connectivity index (χ2n) is 6.31. The summed E-state index contributed by atoms with van der Waals surface area (Å²) in [4.78, 5) is 18.4. The first-order valence-corrected chi connectivity index (χ1v) is 8.45. The van der Waals surface area contributed by atoms with Crippen molar-refractivity contribution in [2.75, 3.05) is 31.7 Å². The summed E-state index contributed by atoms with van der Waals surface area (Å²) < 4.78 is 5.10. The number of carboxylic acids is 1. The second-order valence-corrected chi connectivity index (χ2v) is 6.74. The van der Waals surface area contributed by atoms with Crippen molar-refractivity contribution < 1.29 is 14.6 Å². The lowest BCUT2D eigenvalue weighted by atomic mass is 9.75. The van der Waals surface area contributed by atoms with Gasteiger partial charge in [0.15, 0.2) is 0 Å². The van der Waals surface area contributed by atoms with Crippen molar-refractivity contribution in [1.82, 2.24) is 4.98 Å². The van der Waals surface area contributed by atoms with Gasteiger partial charge in [0.2, 0.25) is 0 Å². The number of hydrogen-bond donors (Lipinski definition) is 1. The maximum absolute atomic E-state index is 11.8. The smallest absolute Gasteiger partial charge is 0.309 e. The largest absolute Gasteiger partial charge is 0.481 e. The van der Waals surface area contributed by atoms with Crippen molar-refractivity contribution >= 4 is 34.2 Å². The molecular weight excluding hydrogens is 328 g/mol. The van der Waals surface area contributed by atoms with Crippen LogP contribution < -0.4 is 4.90 Å². The van der Waals surface area contributed by atoms with Crippen LogP contribution in [0, 0.1) is 5.41 Å². The Kier molecular flexibility index (Phi) is 4.92. The van der Waals surface area contributed by atoms with Gasteiger partial charge in [0, 0.05) is 49.1 Å². The highest BCUT2D eigenvalue weighted by molar-refractivity contribution is 6.31. The van der Waals surface area contributed by atoms with Gasteiger partial charge >= 0.3 is 5.97 Å². The van der Waals surface area contributed by atoms with Crippen LogP contribution in [0.3, 0.4) is 0 Å². The van der Waals surface area contributed by atoms with Crippen LogP contribution in [0.2, 0.25) is 5.02 Å². The lowest BCUT2D eigenvalue weighted by molar-refractivity contribution is -0.151. The zero-order chi connectivity index (χ0) is 17.2. The molecule has 24 heavy (non-hydrogen) atoms. The van der Waals surface area contributed by atoms with Crippen molar-refractivity contribution in [3.05, 3.63) is 35.5 Å². The number of ether oxygens (including phenoxy) is 1. The van der Waals surface area contributed by atoms with Gasteiger partial charge < -0.3 is 14.7 Å². The highest BCUT2D eigenvalue weighted by Gasteiger charge is 2.41. The SMILES string of the molecule is COCCC1(C(=O)O)CCN(c2ccnc3cc(Cl)ccc23)CC1. The Labute approximate surface area is 146 Å². The van der Waals surface area contributed by atoms with Gasteiger partial charge in [-0.15, -0.1) is 0 Å². The third kappa shape index (κ3) is 3.19. The van der Waals surface area contributed by atoms with Crippen molar-refractivity contribution in [2.45, 2.75) is 19.3 Å². The van der Waals surface area contributed by atoms with Crippen LogP contribution in [0.1, 0.15) is 19.3 Å². The van der Waals surface area contributed by atoms with Crippen LogP contribution in [0.25, 0.3) is 10.9 Å². The predicted octanol–water partition coefficient (Wildman–Crippen LogP) is 3.60. The predicted molar refractivity (Wildman–Crippen MR) is 94.8 cm³/mol. The number of nitrogens with zero attached hydrogens (tertiary/aromatic N) is 2. The summed E-state index contributed by atoms with van der Waals surface area (Å²) in [5.74, 6) is -0.717. The van der Waals surface area contributed by atoms with E-state index in [0.717, 1.165) is 16.6 Å². The molecule has 6 heteroatoms. The fourth-order valence-electron chi connectivity index (χ4n) is 3.43. The van der Waals surface area contributed by atoms with Crippen molar-refractivity contribution in [2.24, 2.45) is 5.41 Å². The lowest BCUT2D eigenvalue weighted by Crippen LogP contribution is -2.45. The molecule has 0 saturated carbocycles. The second kappa shape index (κ2) is 6.95. The molecule has 1 aromatic carbocycles. The van der Waals surface area contributed by atoms with E-state index in [1.807, 2.05) is 24.3 Å². The van der Waals surface area contributed by atoms with Gasteiger partial charge in [-0.05, 0) is 43.5 Å². The molecule has 0 aliphatic carbocycles. The molecule has 1 aromatic heterocycles. The molecule has 2 heterocycles. The monoisotopic (exact) mass is 348 g/mol. The molecule has 0 atom stereocenters. The van der Waals surface area contributed by atoms with E-state index in [1.54, 1.807) is 13.3 Å². The summed E-state index contributed by atoms with van der Waals surface area (Å²) in [5, 5.41) is 11.4. The highest BCUT2D eigenvalue weighted by atomic mass is 35.5. The fourth-order valence-corrected chi connectivity index (χ4v) is 3.59. The fraction of sp³-hybridized carbons (Fsp3) is 0.444. The van der Waals surface area contributed by atoms with Gasteiger partial charge in [-0.3, -0.25) is 9.78 Å². The van der Waals surface area contributed by atoms with Crippen LogP contribution in [0.4, 0.5) is 5.69 Å². The van der Waals surface area contributed by atoms with E-state index < -0.39 is 11.4 Å². The summed E-state index contributed by atoms with van der Waals surface area (Å²) in [6.07, 6.45) is 3.56. The number of benzene rings is 1. The van der Waals surface area contributed by atoms with E-state index in [2.05, 4.69) is 9.88 Å². The maximum Gasteiger partial charge on any atom is 0.309 e. The average molecular weight is 349 g/mol. The zero-order valence-corrected chi connectivity index (χ0v) is 14.4. The van der Waals surface area contributed by atoms with Crippen LogP contribution in [-0.2, 0) is 9.53 Å². The number of halogens is 1. The molecule has 1 aliphatic heterocycles. The number of methoxy groups -OCH3 is 1. The number of anilines is 1. The minimum atomic E-state index is -0.717. The van der Waals surface area contributed by atoms with Gasteiger partial charge in [0.25, 0.3) is 0 Å². The number of fused-ring (bicyclic) bond motifs is 1. The Morgan fingerprint density at radius 3 is 2.79 bits per heavy atom. The molecule has 5 nitrogen and oxygen atoms in total. The number of aliphatic carboxylic acids is 1. The van der Waals surface area contributed by atoms with E-state index in [4.69, 9.17) is 16.3 Å². The van der Waals surface area contributed by atoms with Gasteiger partial charge in [-0.2, -0.15) is 0 Å². The Balaban J connectivity index is 1.83. The number of carboxylic acid groups (broad SMARTS) is 1. The van der Waals surface area contributed by atoms with E-state index in [1.165, 1.54) is 0 Å². The Morgan fingerprint density at radius 2 is 2.12 bits per heavy atom. The molecule has 0 radical (unpaired) electrons. The van der Waals surface area contributed by atoms with Crippen LogP contribution in [0.5, 0.6) is 0 Å². The highest BCUT2D eigenvalue weighted by Crippen LogP contribution is 2.38. The lowest BCUT2D eigenvalue weighted by Gasteiger charge is -2.40.